The van der Waals surface area contributed by atoms with Gasteiger partial charge in [0.05, 0.1) is 30.6 Å². The first-order valence-corrected chi connectivity index (χ1v) is 9.90. The molecule has 1 unspecified atom stereocenters. The lowest BCUT2D eigenvalue weighted by Gasteiger charge is -2.37. The van der Waals surface area contributed by atoms with Crippen molar-refractivity contribution >= 4 is 5.91 Å². The van der Waals surface area contributed by atoms with Gasteiger partial charge in [0.1, 0.15) is 6.04 Å². The SMILES string of the molecule is COc1cn(-c2cccc(C(F)(F)F)c2)nc1C(=O)N1CCN(C(C#N)C(C)C)CC1. The molecule has 1 aromatic carbocycles. The number of hydrogen-bond donors (Lipinski definition) is 0. The summed E-state index contributed by atoms with van der Waals surface area (Å²) in [5, 5.41) is 13.6. The number of aromatic nitrogens is 2. The Balaban J connectivity index is 1.79. The van der Waals surface area contributed by atoms with Gasteiger partial charge in [0.25, 0.3) is 5.91 Å². The molecule has 1 fully saturated rings. The summed E-state index contributed by atoms with van der Waals surface area (Å²) in [4.78, 5) is 16.7. The number of nitrogens with zero attached hydrogens (tertiary/aromatic N) is 5. The Bertz CT molecular complexity index is 972. The molecular weight excluding hydrogens is 411 g/mol. The lowest BCUT2D eigenvalue weighted by atomic mass is 10.0. The first-order valence-electron chi connectivity index (χ1n) is 9.90. The molecule has 31 heavy (non-hydrogen) atoms. The van der Waals surface area contributed by atoms with Gasteiger partial charge in [-0.05, 0) is 24.1 Å². The van der Waals surface area contributed by atoms with Crippen molar-refractivity contribution in [3.63, 3.8) is 0 Å². The van der Waals surface area contributed by atoms with E-state index in [2.05, 4.69) is 11.2 Å². The Morgan fingerprint density at radius 2 is 1.90 bits per heavy atom. The highest BCUT2D eigenvalue weighted by molar-refractivity contribution is 5.95. The monoisotopic (exact) mass is 435 g/mol. The fourth-order valence-electron chi connectivity index (χ4n) is 3.62. The van der Waals surface area contributed by atoms with Crippen LogP contribution < -0.4 is 4.74 Å². The van der Waals surface area contributed by atoms with Crippen molar-refractivity contribution in [2.24, 2.45) is 5.92 Å². The van der Waals surface area contributed by atoms with E-state index in [0.29, 0.717) is 26.2 Å². The zero-order chi connectivity index (χ0) is 22.8. The number of nitriles is 1. The second-order valence-corrected chi connectivity index (χ2v) is 7.68. The molecule has 0 spiro atoms. The molecule has 1 aromatic heterocycles. The van der Waals surface area contributed by atoms with Gasteiger partial charge in [-0.15, -0.1) is 0 Å². The second kappa shape index (κ2) is 8.98. The highest BCUT2D eigenvalue weighted by Crippen LogP contribution is 2.31. The van der Waals surface area contributed by atoms with Gasteiger partial charge in [0.15, 0.2) is 11.4 Å². The Labute approximate surface area is 178 Å². The summed E-state index contributed by atoms with van der Waals surface area (Å²) in [7, 11) is 1.38. The summed E-state index contributed by atoms with van der Waals surface area (Å²) in [5.41, 5.74) is -0.597. The van der Waals surface area contributed by atoms with E-state index in [4.69, 9.17) is 4.74 Å². The minimum atomic E-state index is -4.48. The van der Waals surface area contributed by atoms with Crippen molar-refractivity contribution in [3.05, 3.63) is 41.7 Å². The average Bonchev–Trinajstić information content (AvgIpc) is 3.18. The minimum absolute atomic E-state index is 0.0362. The molecular formula is C21H24F3N5O2. The van der Waals surface area contributed by atoms with Crippen LogP contribution in [0.4, 0.5) is 13.2 Å². The van der Waals surface area contributed by atoms with E-state index in [9.17, 15) is 23.2 Å². The third-order valence-corrected chi connectivity index (χ3v) is 5.30. The van der Waals surface area contributed by atoms with E-state index in [0.717, 1.165) is 12.1 Å². The molecule has 166 valence electrons. The molecule has 7 nitrogen and oxygen atoms in total. The topological polar surface area (TPSA) is 74.4 Å². The Kier molecular flexibility index (Phi) is 6.55. The third-order valence-electron chi connectivity index (χ3n) is 5.30. The van der Waals surface area contributed by atoms with E-state index in [-0.39, 0.29) is 35.0 Å². The van der Waals surface area contributed by atoms with Crippen molar-refractivity contribution in [2.45, 2.75) is 26.1 Å². The smallest absolute Gasteiger partial charge is 0.416 e. The van der Waals surface area contributed by atoms with Crippen LogP contribution in [0.5, 0.6) is 5.75 Å². The molecule has 0 saturated carbocycles. The number of alkyl halides is 3. The van der Waals surface area contributed by atoms with Crippen molar-refractivity contribution in [1.82, 2.24) is 19.6 Å². The van der Waals surface area contributed by atoms with Gasteiger partial charge in [-0.3, -0.25) is 9.69 Å². The molecule has 1 atom stereocenters. The maximum Gasteiger partial charge on any atom is 0.416 e. The fourth-order valence-corrected chi connectivity index (χ4v) is 3.62. The van der Waals surface area contributed by atoms with Crippen LogP contribution in [0.15, 0.2) is 30.5 Å². The summed E-state index contributed by atoms with van der Waals surface area (Å²) in [6, 6.07) is 6.79. The minimum Gasteiger partial charge on any atom is -0.493 e. The molecule has 2 heterocycles. The number of benzene rings is 1. The van der Waals surface area contributed by atoms with Crippen LogP contribution in [0.1, 0.15) is 29.9 Å². The van der Waals surface area contributed by atoms with Crippen molar-refractivity contribution in [3.8, 4) is 17.5 Å². The summed E-state index contributed by atoms with van der Waals surface area (Å²) in [6.45, 7) is 5.91. The van der Waals surface area contributed by atoms with Crippen LogP contribution in [0, 0.1) is 17.2 Å². The van der Waals surface area contributed by atoms with Crippen molar-refractivity contribution < 1.29 is 22.7 Å². The molecule has 1 amide bonds. The second-order valence-electron chi connectivity index (χ2n) is 7.68. The Hall–Kier alpha value is -3.06. The third kappa shape index (κ3) is 4.82. The zero-order valence-electron chi connectivity index (χ0n) is 17.6. The van der Waals surface area contributed by atoms with E-state index < -0.39 is 11.7 Å². The summed E-state index contributed by atoms with van der Waals surface area (Å²) in [5.74, 6) is -0.00212. The van der Waals surface area contributed by atoms with Gasteiger partial charge >= 0.3 is 6.18 Å². The summed E-state index contributed by atoms with van der Waals surface area (Å²) < 4.78 is 45.6. The molecule has 10 heteroatoms. The number of piperazine rings is 1. The number of carbonyl (C=O) groups is 1. The largest absolute Gasteiger partial charge is 0.493 e. The molecule has 0 bridgehead atoms. The normalized spacial score (nSPS) is 16.3. The van der Waals surface area contributed by atoms with E-state index in [1.807, 2.05) is 18.7 Å². The van der Waals surface area contributed by atoms with Gasteiger partial charge in [-0.1, -0.05) is 19.9 Å². The van der Waals surface area contributed by atoms with Crippen LogP contribution in [0.2, 0.25) is 0 Å². The van der Waals surface area contributed by atoms with Crippen LogP contribution in [-0.4, -0.2) is 64.8 Å². The molecule has 3 rings (SSSR count). The lowest BCUT2D eigenvalue weighted by molar-refractivity contribution is -0.137. The van der Waals surface area contributed by atoms with Crippen molar-refractivity contribution in [1.29, 1.82) is 5.26 Å². The maximum absolute atomic E-state index is 13.0. The van der Waals surface area contributed by atoms with Gasteiger partial charge in [0.2, 0.25) is 0 Å². The van der Waals surface area contributed by atoms with Gasteiger partial charge in [0, 0.05) is 26.2 Å². The van der Waals surface area contributed by atoms with Gasteiger partial charge in [-0.2, -0.15) is 23.5 Å². The standard InChI is InChI=1S/C21H24F3N5O2/c1-14(2)17(12-25)27-7-9-28(10-8-27)20(30)19-18(31-3)13-29(26-19)16-6-4-5-15(11-16)21(22,23)24/h4-6,11,13-14,17H,7-10H2,1-3H3. The van der Waals surface area contributed by atoms with Crippen LogP contribution in [-0.2, 0) is 6.18 Å². The molecule has 0 N–H and O–H groups in total. The van der Waals surface area contributed by atoms with Crippen LogP contribution in [0.3, 0.4) is 0 Å². The number of halogens is 3. The molecule has 1 saturated heterocycles. The van der Waals surface area contributed by atoms with E-state index in [1.165, 1.54) is 30.1 Å². The maximum atomic E-state index is 13.0. The first kappa shape index (κ1) is 22.6. The lowest BCUT2D eigenvalue weighted by Crippen LogP contribution is -2.52. The van der Waals surface area contributed by atoms with E-state index >= 15 is 0 Å². The molecule has 2 aromatic rings. The number of methoxy groups -OCH3 is 1. The highest BCUT2D eigenvalue weighted by atomic mass is 19.4. The predicted molar refractivity (Wildman–Crippen MR) is 107 cm³/mol. The fraction of sp³-hybridized carbons (Fsp3) is 0.476. The number of ether oxygens (including phenoxy) is 1. The molecule has 0 radical (unpaired) electrons. The number of hydrogen-bond acceptors (Lipinski definition) is 5. The number of amides is 1. The van der Waals surface area contributed by atoms with Gasteiger partial charge in [-0.25, -0.2) is 4.68 Å². The molecule has 1 aliphatic rings. The molecule has 0 aliphatic carbocycles. The van der Waals surface area contributed by atoms with Crippen molar-refractivity contribution in [2.75, 3.05) is 33.3 Å². The number of carbonyl (C=O) groups excluding carboxylic acids is 1. The predicted octanol–water partition coefficient (Wildman–Crippen LogP) is 3.21. The summed E-state index contributed by atoms with van der Waals surface area (Å²) in [6.07, 6.45) is -3.09. The summed E-state index contributed by atoms with van der Waals surface area (Å²) >= 11 is 0. The molecule has 1 aliphatic heterocycles. The quantitative estimate of drug-likeness (QED) is 0.721. The van der Waals surface area contributed by atoms with Crippen LogP contribution >= 0.6 is 0 Å². The van der Waals surface area contributed by atoms with E-state index in [1.54, 1.807) is 4.90 Å². The van der Waals surface area contributed by atoms with Crippen LogP contribution in [0.25, 0.3) is 5.69 Å². The Morgan fingerprint density at radius 3 is 2.45 bits per heavy atom. The first-order chi connectivity index (χ1) is 14.7. The zero-order valence-corrected chi connectivity index (χ0v) is 17.6. The number of rotatable bonds is 5. The average molecular weight is 435 g/mol. The highest BCUT2D eigenvalue weighted by Gasteiger charge is 2.32. The van der Waals surface area contributed by atoms with Gasteiger partial charge < -0.3 is 9.64 Å². The Morgan fingerprint density at radius 1 is 1.23 bits per heavy atom.